The molecule has 0 heteroatoms. The summed E-state index contributed by atoms with van der Waals surface area (Å²) in [6, 6.07) is 0. The van der Waals surface area contributed by atoms with Gasteiger partial charge in [-0.25, -0.2) is 0 Å². The Morgan fingerprint density at radius 2 is 1.21 bits per heavy atom. The van der Waals surface area contributed by atoms with Crippen LogP contribution in [0, 0.1) is 0 Å². The molecule has 0 aromatic heterocycles. The maximum Gasteiger partial charge on any atom is -0.0166 e. The van der Waals surface area contributed by atoms with Crippen molar-refractivity contribution in [3.8, 4) is 0 Å². The highest BCUT2D eigenvalue weighted by Gasteiger charge is 1.88. The minimum Gasteiger partial charge on any atom is -0.0882 e. The highest BCUT2D eigenvalue weighted by molar-refractivity contribution is 5.04. The highest BCUT2D eigenvalue weighted by Crippen LogP contribution is 2.08. The Balaban J connectivity index is 3.21. The van der Waals surface area contributed by atoms with E-state index in [2.05, 4.69) is 50.3 Å². The summed E-state index contributed by atoms with van der Waals surface area (Å²) in [4.78, 5) is 0. The number of hydrogen-bond donors (Lipinski definition) is 0. The summed E-state index contributed by atoms with van der Waals surface area (Å²) >= 11 is 0. The molecular formula is C19H34. The minimum atomic E-state index is 1.08. The summed E-state index contributed by atoms with van der Waals surface area (Å²) < 4.78 is 0. The van der Waals surface area contributed by atoms with Gasteiger partial charge < -0.3 is 0 Å². The van der Waals surface area contributed by atoms with Gasteiger partial charge in [0.1, 0.15) is 0 Å². The normalized spacial score (nSPS) is 12.3. The lowest BCUT2D eigenvalue weighted by atomic mass is 10.1. The molecule has 0 bridgehead atoms. The maximum absolute atomic E-state index is 2.34. The quantitative estimate of drug-likeness (QED) is 0.191. The fraction of sp³-hybridized carbons (Fsp3) is 0.684. The molecule has 110 valence electrons. The maximum atomic E-state index is 2.34. The van der Waals surface area contributed by atoms with Gasteiger partial charge in [0.25, 0.3) is 0 Å². The molecule has 0 unspecified atom stereocenters. The summed E-state index contributed by atoms with van der Waals surface area (Å²) in [5.74, 6) is 0. The smallest absolute Gasteiger partial charge is 0.0166 e. The fourth-order valence-electron chi connectivity index (χ4n) is 2.01. The van der Waals surface area contributed by atoms with Crippen molar-refractivity contribution >= 4 is 0 Å². The van der Waals surface area contributed by atoms with Gasteiger partial charge in [0.05, 0.1) is 0 Å². The van der Waals surface area contributed by atoms with Crippen molar-refractivity contribution in [2.75, 3.05) is 0 Å². The molecule has 0 aliphatic rings. The Kier molecular flexibility index (Phi) is 16.5. The standard InChI is InChI=1S/C19H34/c1-3-5-7-9-11-13-15-17-19-18-16-14-12-10-8-6-4-2/h7,9,11,13,17,19H,3-6,8,10,12,14-16,18H2,1-2H3/b9-7-,13-11-,19-17?. The van der Waals surface area contributed by atoms with Crippen LogP contribution in [0.2, 0.25) is 0 Å². The van der Waals surface area contributed by atoms with Gasteiger partial charge in [0, 0.05) is 0 Å². The van der Waals surface area contributed by atoms with Gasteiger partial charge in [-0.2, -0.15) is 0 Å². The van der Waals surface area contributed by atoms with E-state index in [4.69, 9.17) is 0 Å². The van der Waals surface area contributed by atoms with Gasteiger partial charge in [-0.15, -0.1) is 0 Å². The van der Waals surface area contributed by atoms with Gasteiger partial charge in [0.2, 0.25) is 0 Å². The molecular weight excluding hydrogens is 228 g/mol. The van der Waals surface area contributed by atoms with Crippen LogP contribution in [0.25, 0.3) is 0 Å². The third-order valence-corrected chi connectivity index (χ3v) is 3.25. The molecule has 0 aromatic carbocycles. The zero-order chi connectivity index (χ0) is 14.0. The first-order chi connectivity index (χ1) is 9.41. The fourth-order valence-corrected chi connectivity index (χ4v) is 2.01. The Bertz CT molecular complexity index is 232. The molecule has 0 aromatic rings. The Morgan fingerprint density at radius 1 is 0.526 bits per heavy atom. The van der Waals surface area contributed by atoms with Crippen molar-refractivity contribution in [1.29, 1.82) is 0 Å². The second-order valence-electron chi connectivity index (χ2n) is 5.26. The third kappa shape index (κ3) is 17.2. The molecule has 0 aliphatic heterocycles. The third-order valence-electron chi connectivity index (χ3n) is 3.25. The number of unbranched alkanes of at least 4 members (excludes halogenated alkanes) is 8. The molecule has 0 N–H and O–H groups in total. The first kappa shape index (κ1) is 18.2. The van der Waals surface area contributed by atoms with Crippen LogP contribution in [0.5, 0.6) is 0 Å². The van der Waals surface area contributed by atoms with Crippen molar-refractivity contribution in [1.82, 2.24) is 0 Å². The molecule has 0 atom stereocenters. The van der Waals surface area contributed by atoms with Gasteiger partial charge in [0.15, 0.2) is 0 Å². The number of rotatable bonds is 13. The number of hydrogen-bond acceptors (Lipinski definition) is 0. The summed E-state index contributed by atoms with van der Waals surface area (Å²) in [5.41, 5.74) is 0. The second-order valence-corrected chi connectivity index (χ2v) is 5.26. The van der Waals surface area contributed by atoms with E-state index in [0.29, 0.717) is 0 Å². The summed E-state index contributed by atoms with van der Waals surface area (Å²) in [7, 11) is 0. The highest BCUT2D eigenvalue weighted by atomic mass is 13.9. The predicted molar refractivity (Wildman–Crippen MR) is 89.6 cm³/mol. The molecule has 0 radical (unpaired) electrons. The molecule has 0 spiro atoms. The summed E-state index contributed by atoms with van der Waals surface area (Å²) in [5, 5.41) is 0. The zero-order valence-electron chi connectivity index (χ0n) is 13.2. The molecule has 0 amide bonds. The monoisotopic (exact) mass is 262 g/mol. The van der Waals surface area contributed by atoms with Crippen molar-refractivity contribution in [3.05, 3.63) is 36.5 Å². The van der Waals surface area contributed by atoms with Gasteiger partial charge in [-0.3, -0.25) is 0 Å². The average molecular weight is 262 g/mol. The molecule has 0 fully saturated rings. The van der Waals surface area contributed by atoms with Crippen LogP contribution in [-0.4, -0.2) is 0 Å². The van der Waals surface area contributed by atoms with Gasteiger partial charge in [-0.05, 0) is 25.7 Å². The molecule has 0 saturated heterocycles. The summed E-state index contributed by atoms with van der Waals surface area (Å²) in [6.07, 6.45) is 28.0. The zero-order valence-corrected chi connectivity index (χ0v) is 13.2. The van der Waals surface area contributed by atoms with Crippen LogP contribution in [0.3, 0.4) is 0 Å². The topological polar surface area (TPSA) is 0 Å². The molecule has 0 heterocycles. The Morgan fingerprint density at radius 3 is 1.95 bits per heavy atom. The van der Waals surface area contributed by atoms with E-state index in [-0.39, 0.29) is 0 Å². The first-order valence-electron chi connectivity index (χ1n) is 8.38. The largest absolute Gasteiger partial charge is 0.0882 e. The van der Waals surface area contributed by atoms with E-state index in [1.165, 1.54) is 64.2 Å². The van der Waals surface area contributed by atoms with Crippen LogP contribution < -0.4 is 0 Å². The van der Waals surface area contributed by atoms with Crippen LogP contribution in [0.15, 0.2) is 36.5 Å². The molecule has 0 nitrogen and oxygen atoms in total. The van der Waals surface area contributed by atoms with Crippen LogP contribution in [-0.2, 0) is 0 Å². The van der Waals surface area contributed by atoms with Crippen LogP contribution in [0.1, 0.15) is 84.5 Å². The Labute approximate surface area is 121 Å². The minimum absolute atomic E-state index is 1.08. The van der Waals surface area contributed by atoms with E-state index >= 15 is 0 Å². The average Bonchev–Trinajstić information content (AvgIpc) is 2.43. The van der Waals surface area contributed by atoms with Crippen molar-refractivity contribution in [2.24, 2.45) is 0 Å². The molecule has 0 aliphatic carbocycles. The molecule has 0 saturated carbocycles. The summed E-state index contributed by atoms with van der Waals surface area (Å²) in [6.45, 7) is 4.49. The Hall–Kier alpha value is -0.780. The lowest BCUT2D eigenvalue weighted by Crippen LogP contribution is -1.78. The van der Waals surface area contributed by atoms with Crippen molar-refractivity contribution in [3.63, 3.8) is 0 Å². The van der Waals surface area contributed by atoms with E-state index in [0.717, 1.165) is 6.42 Å². The van der Waals surface area contributed by atoms with E-state index in [1.54, 1.807) is 0 Å². The van der Waals surface area contributed by atoms with Gasteiger partial charge >= 0.3 is 0 Å². The van der Waals surface area contributed by atoms with Crippen LogP contribution >= 0.6 is 0 Å². The molecule has 0 rings (SSSR count). The van der Waals surface area contributed by atoms with E-state index in [9.17, 15) is 0 Å². The van der Waals surface area contributed by atoms with Crippen molar-refractivity contribution in [2.45, 2.75) is 84.5 Å². The number of allylic oxidation sites excluding steroid dienone is 6. The van der Waals surface area contributed by atoms with E-state index in [1.807, 2.05) is 0 Å². The first-order valence-corrected chi connectivity index (χ1v) is 8.38. The van der Waals surface area contributed by atoms with E-state index < -0.39 is 0 Å². The second kappa shape index (κ2) is 17.2. The lowest BCUT2D eigenvalue weighted by Gasteiger charge is -1.98. The lowest BCUT2D eigenvalue weighted by molar-refractivity contribution is 0.592. The van der Waals surface area contributed by atoms with Gasteiger partial charge in [-0.1, -0.05) is 95.2 Å². The van der Waals surface area contributed by atoms with Crippen molar-refractivity contribution < 1.29 is 0 Å². The SMILES string of the molecule is CCC/C=C\C=C/CC=CCCCCCCCCC. The predicted octanol–water partition coefficient (Wildman–Crippen LogP) is 6.99. The molecule has 19 heavy (non-hydrogen) atoms. The van der Waals surface area contributed by atoms with Crippen LogP contribution in [0.4, 0.5) is 0 Å².